The van der Waals surface area contributed by atoms with Crippen LogP contribution in [-0.4, -0.2) is 95.4 Å². The van der Waals surface area contributed by atoms with Crippen molar-refractivity contribution in [2.45, 2.75) is 231 Å². The molecule has 332 valence electrons. The molecule has 0 saturated heterocycles. The molecule has 4 atom stereocenters. The number of carbonyl (C=O) groups is 2. The van der Waals surface area contributed by atoms with E-state index in [4.69, 9.17) is 9.47 Å². The molecule has 2 aromatic rings. The zero-order chi connectivity index (χ0) is 42.3. The molecule has 2 aromatic carbocycles. The van der Waals surface area contributed by atoms with Crippen LogP contribution in [0.2, 0.25) is 0 Å². The second-order valence-electron chi connectivity index (χ2n) is 16.4. The van der Waals surface area contributed by atoms with Gasteiger partial charge in [-0.25, -0.2) is 0 Å². The van der Waals surface area contributed by atoms with Crippen LogP contribution in [0.3, 0.4) is 0 Å². The molecule has 59 heavy (non-hydrogen) atoms. The Balaban J connectivity index is 0.00000112. The van der Waals surface area contributed by atoms with E-state index in [1.807, 2.05) is 12.1 Å². The summed E-state index contributed by atoms with van der Waals surface area (Å²) in [6, 6.07) is 20.8. The normalized spacial score (nSPS) is 13.1. The molecule has 8 nitrogen and oxygen atoms in total. The molecule has 2 N–H and O–H groups in total. The van der Waals surface area contributed by atoms with Crippen LogP contribution in [0, 0.1) is 0 Å². The Morgan fingerprint density at radius 2 is 0.746 bits per heavy atom. The van der Waals surface area contributed by atoms with Gasteiger partial charge in [0, 0.05) is 11.9 Å². The van der Waals surface area contributed by atoms with Gasteiger partial charge in [-0.05, 0) is 88.2 Å². The van der Waals surface area contributed by atoms with Gasteiger partial charge in [0.25, 0.3) is 0 Å². The van der Waals surface area contributed by atoms with Gasteiger partial charge in [-0.1, -0.05) is 177 Å². The summed E-state index contributed by atoms with van der Waals surface area (Å²) >= 11 is 0. The maximum absolute atomic E-state index is 10.4. The molecule has 4 unspecified atom stereocenters. The van der Waals surface area contributed by atoms with Crippen molar-refractivity contribution < 1.29 is 39.5 Å². The van der Waals surface area contributed by atoms with E-state index in [9.17, 15) is 30.0 Å². The van der Waals surface area contributed by atoms with Crippen molar-refractivity contribution in [3.05, 3.63) is 71.8 Å². The number of benzene rings is 2. The van der Waals surface area contributed by atoms with Gasteiger partial charge >= 0.3 is 48.9 Å². The van der Waals surface area contributed by atoms with Gasteiger partial charge in [-0.15, -0.1) is 0 Å². The van der Waals surface area contributed by atoms with Crippen LogP contribution in [0.25, 0.3) is 0 Å². The summed E-state index contributed by atoms with van der Waals surface area (Å²) in [7, 11) is 0. The Kier molecular flexibility index (Phi) is 41.2. The minimum atomic E-state index is -0.979. The maximum Gasteiger partial charge on any atom is 2.00 e. The number of carbonyl (C=O) groups excluding carboxylic acids is 2. The molecule has 2 rings (SSSR count). The summed E-state index contributed by atoms with van der Waals surface area (Å²) in [5.74, 6) is -1.96. The molecular formula is C50H82BaO8. The maximum atomic E-state index is 10.4. The van der Waals surface area contributed by atoms with Gasteiger partial charge in [-0.2, -0.15) is 0 Å². The second kappa shape index (κ2) is 42.1. The second-order valence-corrected chi connectivity index (χ2v) is 16.4. The van der Waals surface area contributed by atoms with Crippen LogP contribution in [0.5, 0.6) is 0 Å². The average molecular weight is 949 g/mol. The Hall–Kier alpha value is -1.21. The monoisotopic (exact) mass is 949 g/mol. The molecule has 0 aromatic heterocycles. The molecule has 0 aliphatic rings. The van der Waals surface area contributed by atoms with Gasteiger partial charge in [-0.3, -0.25) is 0 Å². The average Bonchev–Trinajstić information content (AvgIpc) is 3.22. The first-order chi connectivity index (χ1) is 28.2. The first-order valence-electron chi connectivity index (χ1n) is 23.3. The smallest absolute Gasteiger partial charge is 0.550 e. The minimum absolute atomic E-state index is 0. The Bertz CT molecular complexity index is 1110. The summed E-state index contributed by atoms with van der Waals surface area (Å²) in [6.45, 7) is 5.85. The molecule has 0 saturated carbocycles. The molecule has 0 spiro atoms. The minimum Gasteiger partial charge on any atom is -0.550 e. The van der Waals surface area contributed by atoms with E-state index >= 15 is 0 Å². The van der Waals surface area contributed by atoms with Crippen molar-refractivity contribution in [3.8, 4) is 0 Å². The van der Waals surface area contributed by atoms with Gasteiger partial charge < -0.3 is 39.5 Å². The zero-order valence-electron chi connectivity index (χ0n) is 37.3. The van der Waals surface area contributed by atoms with Crippen molar-refractivity contribution in [1.29, 1.82) is 0 Å². The molecule has 0 heterocycles. The van der Waals surface area contributed by atoms with Gasteiger partial charge in [0.15, 0.2) is 0 Å². The van der Waals surface area contributed by atoms with Crippen molar-refractivity contribution >= 4 is 60.8 Å². The van der Waals surface area contributed by atoms with E-state index in [0.29, 0.717) is 38.3 Å². The number of aliphatic hydroxyl groups excluding tert-OH is 2. The van der Waals surface area contributed by atoms with Crippen molar-refractivity contribution in [3.63, 3.8) is 0 Å². The van der Waals surface area contributed by atoms with E-state index < -0.39 is 11.9 Å². The Morgan fingerprint density at radius 3 is 1.05 bits per heavy atom. The third-order valence-corrected chi connectivity index (χ3v) is 10.9. The predicted molar refractivity (Wildman–Crippen MR) is 238 cm³/mol. The number of aliphatic hydroxyl groups is 2. The zero-order valence-corrected chi connectivity index (χ0v) is 41.8. The van der Waals surface area contributed by atoms with E-state index in [1.54, 1.807) is 0 Å². The summed E-state index contributed by atoms with van der Waals surface area (Å²) in [5, 5.41) is 40.8. The van der Waals surface area contributed by atoms with Gasteiger partial charge in [0.1, 0.15) is 0 Å². The fourth-order valence-electron chi connectivity index (χ4n) is 7.21. The fourth-order valence-corrected chi connectivity index (χ4v) is 7.21. The third-order valence-electron chi connectivity index (χ3n) is 10.9. The number of rotatable bonds is 38. The van der Waals surface area contributed by atoms with Crippen LogP contribution in [0.1, 0.15) is 205 Å². The van der Waals surface area contributed by atoms with Crippen molar-refractivity contribution in [2.75, 3.05) is 0 Å². The summed E-state index contributed by atoms with van der Waals surface area (Å²) in [4.78, 5) is 20.7. The number of hydrogen-bond acceptors (Lipinski definition) is 8. The van der Waals surface area contributed by atoms with E-state index in [2.05, 4.69) is 62.4 Å². The van der Waals surface area contributed by atoms with Crippen LogP contribution < -0.4 is 10.2 Å². The number of ether oxygens (including phenoxy) is 2. The Labute approximate surface area is 400 Å². The number of aliphatic carboxylic acids is 2. The topological polar surface area (TPSA) is 139 Å². The van der Waals surface area contributed by atoms with E-state index in [-0.39, 0.29) is 73.9 Å². The third kappa shape index (κ3) is 38.2. The van der Waals surface area contributed by atoms with Crippen molar-refractivity contribution in [1.82, 2.24) is 0 Å². The SMILES string of the molecule is CCCCC(CCCCCCC(O)CCCCCC(=O)[O-])OCc1ccccc1.CCCCC(CCCCCCC(O)CCCCCC(=O)[O-])OCc1ccccc1.[Ba+2]. The Morgan fingerprint density at radius 1 is 0.458 bits per heavy atom. The van der Waals surface area contributed by atoms with Crippen LogP contribution in [0.15, 0.2) is 60.7 Å². The molecule has 0 fully saturated rings. The number of unbranched alkanes of at least 4 members (excludes halogenated alkanes) is 12. The van der Waals surface area contributed by atoms with Crippen molar-refractivity contribution in [2.24, 2.45) is 0 Å². The fraction of sp³-hybridized carbons (Fsp3) is 0.720. The van der Waals surface area contributed by atoms with E-state index in [1.165, 1.54) is 62.5 Å². The molecule has 0 bridgehead atoms. The molecule has 0 radical (unpaired) electrons. The first-order valence-corrected chi connectivity index (χ1v) is 23.3. The molecule has 0 amide bonds. The summed E-state index contributed by atoms with van der Waals surface area (Å²) in [6.07, 6.45) is 27.1. The number of carboxylic acid groups (broad SMARTS) is 2. The molecular weight excluding hydrogens is 866 g/mol. The first kappa shape index (κ1) is 57.8. The molecule has 0 aliphatic heterocycles. The number of hydrogen-bond donors (Lipinski definition) is 2. The van der Waals surface area contributed by atoms with E-state index in [0.717, 1.165) is 103 Å². The van der Waals surface area contributed by atoms with Gasteiger partial charge in [0.05, 0.1) is 37.6 Å². The van der Waals surface area contributed by atoms with Crippen LogP contribution in [0.4, 0.5) is 0 Å². The number of carboxylic acids is 2. The molecule has 0 aliphatic carbocycles. The van der Waals surface area contributed by atoms with Crippen LogP contribution in [-0.2, 0) is 32.3 Å². The molecule has 9 heteroatoms. The quantitative estimate of drug-likeness (QED) is 0.0501. The standard InChI is InChI=1S/2C25H42O4.Ba/c2*1-2-3-18-24(29-21-22-14-8-6-9-15-22)19-12-5-4-10-16-23(26)17-11-7-13-20-25(27)28;/h2*6,8-9,14-15,23-24,26H,2-5,7,10-13,16-21H2,1H3,(H,27,28);/q;;+2/p-2. The van der Waals surface area contributed by atoms with Gasteiger partial charge in [0.2, 0.25) is 0 Å². The largest absolute Gasteiger partial charge is 2.00 e. The summed E-state index contributed by atoms with van der Waals surface area (Å²) < 4.78 is 12.3. The van der Waals surface area contributed by atoms with Crippen LogP contribution >= 0.6 is 0 Å². The summed E-state index contributed by atoms with van der Waals surface area (Å²) in [5.41, 5.74) is 2.48. The predicted octanol–water partition coefficient (Wildman–Crippen LogP) is 9.95.